The first-order chi connectivity index (χ1) is 15.3. The fourth-order valence-electron chi connectivity index (χ4n) is 3.60. The molecule has 7 heteroatoms. The number of amides is 2. The van der Waals surface area contributed by atoms with E-state index in [1.54, 1.807) is 0 Å². The molecule has 3 aromatic rings. The first-order valence-corrected chi connectivity index (χ1v) is 10.1. The molecule has 4 rings (SSSR count). The molecule has 0 unspecified atom stereocenters. The van der Waals surface area contributed by atoms with Crippen molar-refractivity contribution >= 4 is 28.8 Å². The van der Waals surface area contributed by atoms with Crippen LogP contribution < -0.4 is 5.32 Å². The molecule has 0 atom stereocenters. The number of non-ortho nitro benzene ring substituents is 1. The molecule has 160 valence electrons. The molecule has 0 radical (unpaired) electrons. The zero-order valence-corrected chi connectivity index (χ0v) is 17.7. The van der Waals surface area contributed by atoms with E-state index < -0.39 is 16.7 Å². The summed E-state index contributed by atoms with van der Waals surface area (Å²) in [5.74, 6) is -0.884. The number of imide groups is 1. The first kappa shape index (κ1) is 21.0. The molecule has 0 aromatic heterocycles. The summed E-state index contributed by atoms with van der Waals surface area (Å²) in [7, 11) is 0. The topological polar surface area (TPSA) is 92.6 Å². The van der Waals surface area contributed by atoms with Gasteiger partial charge in [-0.15, -0.1) is 0 Å². The number of hydrogen-bond acceptors (Lipinski definition) is 5. The summed E-state index contributed by atoms with van der Waals surface area (Å²) in [5.41, 5.74) is 4.29. The van der Waals surface area contributed by atoms with Gasteiger partial charge < -0.3 is 5.32 Å². The quantitative estimate of drug-likeness (QED) is 0.352. The fraction of sp³-hybridized carbons (Fsp3) is 0.120. The zero-order valence-electron chi connectivity index (χ0n) is 17.7. The number of nitro groups is 1. The summed E-state index contributed by atoms with van der Waals surface area (Å²) in [5, 5.41) is 14.1. The lowest BCUT2D eigenvalue weighted by Gasteiger charge is -2.15. The Morgan fingerprint density at radius 3 is 2.19 bits per heavy atom. The van der Waals surface area contributed by atoms with Gasteiger partial charge in [0.15, 0.2) is 0 Å². The number of carbonyl (C=O) groups excluding carboxylic acids is 2. The third kappa shape index (κ3) is 4.13. The molecule has 1 aliphatic heterocycles. The number of anilines is 1. The molecule has 0 saturated heterocycles. The van der Waals surface area contributed by atoms with Crippen LogP contribution in [-0.4, -0.2) is 21.6 Å². The van der Waals surface area contributed by atoms with Crippen LogP contribution in [0.15, 0.2) is 78.5 Å². The molecule has 3 aromatic carbocycles. The SMILES string of the molecule is Cc1ccc(CN2C(=O)C(Nc3cccc(C)c3)=C(c3ccc([N+](=O)[O-])cc3)C2=O)cc1. The van der Waals surface area contributed by atoms with E-state index in [0.29, 0.717) is 11.3 Å². The molecule has 1 aliphatic rings. The van der Waals surface area contributed by atoms with Gasteiger partial charge in [0, 0.05) is 17.8 Å². The van der Waals surface area contributed by atoms with Crippen LogP contribution in [0.25, 0.3) is 5.57 Å². The van der Waals surface area contributed by atoms with Crippen LogP contribution in [0.4, 0.5) is 11.4 Å². The van der Waals surface area contributed by atoms with Gasteiger partial charge in [0.2, 0.25) is 0 Å². The van der Waals surface area contributed by atoms with Gasteiger partial charge in [-0.05, 0) is 54.8 Å². The number of nitro benzene ring substituents is 1. The predicted octanol–water partition coefficient (Wildman–Crippen LogP) is 4.60. The van der Waals surface area contributed by atoms with Gasteiger partial charge in [-0.3, -0.25) is 24.6 Å². The van der Waals surface area contributed by atoms with Gasteiger partial charge in [0.05, 0.1) is 17.0 Å². The van der Waals surface area contributed by atoms with Crippen LogP contribution in [0, 0.1) is 24.0 Å². The summed E-state index contributed by atoms with van der Waals surface area (Å²) in [4.78, 5) is 38.4. The highest BCUT2D eigenvalue weighted by molar-refractivity contribution is 6.36. The molecular formula is C25H21N3O4. The summed E-state index contributed by atoms with van der Waals surface area (Å²) >= 11 is 0. The van der Waals surface area contributed by atoms with Crippen LogP contribution in [0.1, 0.15) is 22.3 Å². The molecule has 1 N–H and O–H groups in total. The van der Waals surface area contributed by atoms with Crippen LogP contribution in [0.3, 0.4) is 0 Å². The minimum absolute atomic E-state index is 0.0872. The van der Waals surface area contributed by atoms with E-state index >= 15 is 0 Å². The highest BCUT2D eigenvalue weighted by atomic mass is 16.6. The lowest BCUT2D eigenvalue weighted by molar-refractivity contribution is -0.384. The highest BCUT2D eigenvalue weighted by Crippen LogP contribution is 2.32. The third-order valence-electron chi connectivity index (χ3n) is 5.28. The number of nitrogens with one attached hydrogen (secondary N) is 1. The van der Waals surface area contributed by atoms with Crippen molar-refractivity contribution in [1.82, 2.24) is 4.90 Å². The van der Waals surface area contributed by atoms with Crippen molar-refractivity contribution in [3.05, 3.63) is 111 Å². The van der Waals surface area contributed by atoms with Crippen molar-refractivity contribution in [3.63, 3.8) is 0 Å². The van der Waals surface area contributed by atoms with Crippen molar-refractivity contribution in [1.29, 1.82) is 0 Å². The summed E-state index contributed by atoms with van der Waals surface area (Å²) < 4.78 is 0. The smallest absolute Gasteiger partial charge is 0.278 e. The molecule has 0 aliphatic carbocycles. The highest BCUT2D eigenvalue weighted by Gasteiger charge is 2.39. The van der Waals surface area contributed by atoms with Crippen molar-refractivity contribution in [2.24, 2.45) is 0 Å². The largest absolute Gasteiger partial charge is 0.350 e. The Labute approximate surface area is 185 Å². The lowest BCUT2D eigenvalue weighted by Crippen LogP contribution is -2.32. The normalized spacial score (nSPS) is 13.6. The Morgan fingerprint density at radius 1 is 0.875 bits per heavy atom. The summed E-state index contributed by atoms with van der Waals surface area (Å²) in [6.07, 6.45) is 0. The van der Waals surface area contributed by atoms with Crippen LogP contribution >= 0.6 is 0 Å². The number of hydrogen-bond donors (Lipinski definition) is 1. The van der Waals surface area contributed by atoms with Gasteiger partial charge in [-0.25, -0.2) is 0 Å². The van der Waals surface area contributed by atoms with Crippen molar-refractivity contribution in [3.8, 4) is 0 Å². The summed E-state index contributed by atoms with van der Waals surface area (Å²) in [6, 6.07) is 20.7. The van der Waals surface area contributed by atoms with E-state index in [0.717, 1.165) is 16.7 Å². The van der Waals surface area contributed by atoms with Crippen molar-refractivity contribution in [2.45, 2.75) is 20.4 Å². The van der Waals surface area contributed by atoms with Crippen LogP contribution in [0.5, 0.6) is 0 Å². The second-order valence-corrected chi connectivity index (χ2v) is 7.73. The van der Waals surface area contributed by atoms with E-state index in [1.165, 1.54) is 29.2 Å². The number of carbonyl (C=O) groups is 2. The molecule has 0 bridgehead atoms. The maximum absolute atomic E-state index is 13.3. The monoisotopic (exact) mass is 427 g/mol. The number of benzene rings is 3. The van der Waals surface area contributed by atoms with Gasteiger partial charge in [-0.1, -0.05) is 42.0 Å². The molecule has 1 heterocycles. The fourth-order valence-corrected chi connectivity index (χ4v) is 3.60. The Morgan fingerprint density at radius 2 is 1.56 bits per heavy atom. The van der Waals surface area contributed by atoms with Gasteiger partial charge in [0.1, 0.15) is 5.70 Å². The van der Waals surface area contributed by atoms with Crippen molar-refractivity contribution < 1.29 is 14.5 Å². The third-order valence-corrected chi connectivity index (χ3v) is 5.28. The van der Waals surface area contributed by atoms with E-state index in [4.69, 9.17) is 0 Å². The molecule has 0 saturated carbocycles. The standard InChI is InChI=1S/C25H21N3O4/c1-16-6-8-18(9-7-16)15-27-24(29)22(19-10-12-21(13-11-19)28(31)32)23(25(27)30)26-20-5-3-4-17(2)14-20/h3-14,26H,15H2,1-2H3. The average molecular weight is 427 g/mol. The van der Waals surface area contributed by atoms with Gasteiger partial charge >= 0.3 is 0 Å². The molecular weight excluding hydrogens is 406 g/mol. The van der Waals surface area contributed by atoms with E-state index in [1.807, 2.05) is 62.4 Å². The molecule has 32 heavy (non-hydrogen) atoms. The minimum atomic E-state index is -0.505. The van der Waals surface area contributed by atoms with Crippen LogP contribution in [-0.2, 0) is 16.1 Å². The summed E-state index contributed by atoms with van der Waals surface area (Å²) in [6.45, 7) is 4.03. The Bertz CT molecular complexity index is 1240. The Balaban J connectivity index is 1.74. The lowest BCUT2D eigenvalue weighted by atomic mass is 10.0. The maximum Gasteiger partial charge on any atom is 0.278 e. The van der Waals surface area contributed by atoms with Gasteiger partial charge in [0.25, 0.3) is 17.5 Å². The van der Waals surface area contributed by atoms with E-state index in [9.17, 15) is 19.7 Å². The number of aryl methyl sites for hydroxylation is 2. The average Bonchev–Trinajstić information content (AvgIpc) is 2.99. The number of rotatable bonds is 6. The molecule has 0 spiro atoms. The first-order valence-electron chi connectivity index (χ1n) is 10.1. The maximum atomic E-state index is 13.3. The van der Waals surface area contributed by atoms with E-state index in [2.05, 4.69) is 5.32 Å². The predicted molar refractivity (Wildman–Crippen MR) is 122 cm³/mol. The zero-order chi connectivity index (χ0) is 22.8. The molecule has 0 fully saturated rings. The Kier molecular flexibility index (Phi) is 5.55. The molecule has 2 amide bonds. The number of nitrogens with zero attached hydrogens (tertiary/aromatic N) is 2. The molecule has 7 nitrogen and oxygen atoms in total. The van der Waals surface area contributed by atoms with Crippen molar-refractivity contribution in [2.75, 3.05) is 5.32 Å². The van der Waals surface area contributed by atoms with Crippen LogP contribution in [0.2, 0.25) is 0 Å². The van der Waals surface area contributed by atoms with E-state index in [-0.39, 0.29) is 23.5 Å². The minimum Gasteiger partial charge on any atom is -0.350 e. The second-order valence-electron chi connectivity index (χ2n) is 7.73. The van der Waals surface area contributed by atoms with Gasteiger partial charge in [-0.2, -0.15) is 0 Å². The Hall–Kier alpha value is -4.26. The second kappa shape index (κ2) is 8.47.